The minimum absolute atomic E-state index is 0.268. The molecule has 0 aliphatic heterocycles. The highest BCUT2D eigenvalue weighted by atomic mass is 35.5. The summed E-state index contributed by atoms with van der Waals surface area (Å²) >= 11 is 12.5. The first-order valence-electron chi connectivity index (χ1n) is 10.0. The molecule has 0 aliphatic carbocycles. The molecule has 0 N–H and O–H groups in total. The van der Waals surface area contributed by atoms with Crippen LogP contribution in [0.1, 0.15) is 15.9 Å². The third kappa shape index (κ3) is 3.75. The highest BCUT2D eigenvalue weighted by molar-refractivity contribution is 6.40. The first kappa shape index (κ1) is 21.2. The van der Waals surface area contributed by atoms with Crippen LogP contribution >= 0.6 is 23.2 Å². The zero-order valence-electron chi connectivity index (χ0n) is 17.7. The molecule has 7 nitrogen and oxygen atoms in total. The first-order valence-corrected chi connectivity index (χ1v) is 10.8. The van der Waals surface area contributed by atoms with Crippen LogP contribution in [0.25, 0.3) is 28.3 Å². The number of amides is 1. The topological polar surface area (TPSA) is 77.0 Å². The van der Waals surface area contributed by atoms with Crippen LogP contribution in [-0.2, 0) is 0 Å². The van der Waals surface area contributed by atoms with Crippen molar-refractivity contribution < 1.29 is 9.32 Å². The molecule has 0 atom stereocenters. The zero-order valence-corrected chi connectivity index (χ0v) is 19.2. The minimum Gasteiger partial charge on any atom is -0.332 e. The molecule has 2 aromatic carbocycles. The molecule has 164 valence electrons. The number of anilines is 1. The lowest BCUT2D eigenvalue weighted by molar-refractivity contribution is 0.0993. The van der Waals surface area contributed by atoms with Crippen LogP contribution in [0, 0.1) is 6.92 Å². The number of carbonyl (C=O) groups excluding carboxylic acids is 1. The van der Waals surface area contributed by atoms with Crippen LogP contribution in [0.2, 0.25) is 10.0 Å². The molecule has 3 aromatic heterocycles. The van der Waals surface area contributed by atoms with Gasteiger partial charge in [0.2, 0.25) is 0 Å². The molecular formula is C24H17Cl2N5O2. The van der Waals surface area contributed by atoms with Crippen LogP contribution < -0.4 is 4.90 Å². The van der Waals surface area contributed by atoms with Crippen molar-refractivity contribution in [2.75, 3.05) is 11.9 Å². The van der Waals surface area contributed by atoms with Gasteiger partial charge in [-0.25, -0.2) is 0 Å². The minimum atomic E-state index is -0.268. The normalized spacial score (nSPS) is 11.2. The highest BCUT2D eigenvalue weighted by Gasteiger charge is 2.21. The number of carbonyl (C=O) groups is 1. The van der Waals surface area contributed by atoms with Gasteiger partial charge in [-0.3, -0.25) is 14.3 Å². The lowest BCUT2D eigenvalue weighted by atomic mass is 10.1. The fourth-order valence-electron chi connectivity index (χ4n) is 3.73. The standard InChI is InChI=1S/C24H17Cl2N5O2/c1-14-13-31(24-28-22(33-29-24)15-6-4-3-5-7-15)20-10-16(8-9-17(14)20)23(32)30(2)21-18(25)11-27-12-19(21)26/h3-13H,1-2H3. The molecule has 5 aromatic rings. The average molecular weight is 478 g/mol. The molecule has 9 heteroatoms. The molecule has 0 saturated carbocycles. The van der Waals surface area contributed by atoms with Gasteiger partial charge in [0, 0.05) is 42.2 Å². The molecule has 0 aliphatic rings. The molecule has 0 saturated heterocycles. The van der Waals surface area contributed by atoms with Gasteiger partial charge >= 0.3 is 0 Å². The van der Waals surface area contributed by atoms with Gasteiger partial charge in [-0.1, -0.05) is 47.5 Å². The Balaban J connectivity index is 1.56. The zero-order chi connectivity index (χ0) is 23.1. The molecule has 5 rings (SSSR count). The van der Waals surface area contributed by atoms with Crippen molar-refractivity contribution in [1.82, 2.24) is 19.7 Å². The quantitative estimate of drug-likeness (QED) is 0.318. The Morgan fingerprint density at radius 1 is 1.06 bits per heavy atom. The number of rotatable bonds is 4. The Morgan fingerprint density at radius 3 is 2.52 bits per heavy atom. The van der Waals surface area contributed by atoms with E-state index in [9.17, 15) is 4.79 Å². The summed E-state index contributed by atoms with van der Waals surface area (Å²) in [5, 5.41) is 5.70. The van der Waals surface area contributed by atoms with Crippen LogP contribution in [0.5, 0.6) is 0 Å². The smallest absolute Gasteiger partial charge is 0.275 e. The van der Waals surface area contributed by atoms with E-state index in [4.69, 9.17) is 27.7 Å². The van der Waals surface area contributed by atoms with Crippen LogP contribution in [0.3, 0.4) is 0 Å². The molecule has 0 spiro atoms. The van der Waals surface area contributed by atoms with Crippen LogP contribution in [0.15, 0.2) is 71.6 Å². The van der Waals surface area contributed by atoms with E-state index in [0.29, 0.717) is 33.1 Å². The van der Waals surface area contributed by atoms with E-state index in [1.54, 1.807) is 19.2 Å². The number of benzene rings is 2. The maximum Gasteiger partial charge on any atom is 0.275 e. The number of aryl methyl sites for hydroxylation is 1. The molecule has 0 unspecified atom stereocenters. The Labute approximate surface area is 199 Å². The van der Waals surface area contributed by atoms with Crippen molar-refractivity contribution in [3.05, 3.63) is 88.3 Å². The molecule has 0 bridgehead atoms. The third-order valence-electron chi connectivity index (χ3n) is 5.37. The summed E-state index contributed by atoms with van der Waals surface area (Å²) in [4.78, 5) is 23.2. The van der Waals surface area contributed by atoms with Gasteiger partial charge in [0.05, 0.1) is 21.2 Å². The maximum atomic E-state index is 13.3. The largest absolute Gasteiger partial charge is 0.332 e. The molecule has 0 fully saturated rings. The van der Waals surface area contributed by atoms with E-state index in [0.717, 1.165) is 22.0 Å². The number of nitrogens with zero attached hydrogens (tertiary/aromatic N) is 5. The Morgan fingerprint density at radius 2 is 1.79 bits per heavy atom. The van der Waals surface area contributed by atoms with Crippen molar-refractivity contribution in [2.45, 2.75) is 6.92 Å². The Bertz CT molecular complexity index is 1470. The number of hydrogen-bond donors (Lipinski definition) is 0. The number of aromatic nitrogens is 4. The Kier molecular flexibility index (Phi) is 5.36. The average Bonchev–Trinajstić information content (AvgIpc) is 3.44. The lowest BCUT2D eigenvalue weighted by Crippen LogP contribution is -2.27. The van der Waals surface area contributed by atoms with Crippen molar-refractivity contribution >= 4 is 45.7 Å². The van der Waals surface area contributed by atoms with E-state index < -0.39 is 0 Å². The molecular weight excluding hydrogens is 461 g/mol. The van der Waals surface area contributed by atoms with Gasteiger partial charge in [0.15, 0.2) is 0 Å². The number of halogens is 2. The van der Waals surface area contributed by atoms with E-state index in [1.807, 2.05) is 54.1 Å². The maximum absolute atomic E-state index is 13.3. The van der Waals surface area contributed by atoms with Gasteiger partial charge < -0.3 is 9.42 Å². The monoisotopic (exact) mass is 477 g/mol. The summed E-state index contributed by atoms with van der Waals surface area (Å²) in [5.74, 6) is 0.527. The predicted octanol–water partition coefficient (Wildman–Crippen LogP) is 5.97. The third-order valence-corrected chi connectivity index (χ3v) is 5.92. The lowest BCUT2D eigenvalue weighted by Gasteiger charge is -2.20. The van der Waals surface area contributed by atoms with Gasteiger partial charge in [-0.15, -0.1) is 0 Å². The van der Waals surface area contributed by atoms with Crippen molar-refractivity contribution in [1.29, 1.82) is 0 Å². The van der Waals surface area contributed by atoms with Gasteiger partial charge in [0.25, 0.3) is 17.7 Å². The molecule has 0 radical (unpaired) electrons. The predicted molar refractivity (Wildman–Crippen MR) is 128 cm³/mol. The van der Waals surface area contributed by atoms with Crippen molar-refractivity contribution in [3.8, 4) is 17.4 Å². The van der Waals surface area contributed by atoms with E-state index >= 15 is 0 Å². The van der Waals surface area contributed by atoms with Crippen molar-refractivity contribution in [2.24, 2.45) is 0 Å². The van der Waals surface area contributed by atoms with Crippen molar-refractivity contribution in [3.63, 3.8) is 0 Å². The second-order valence-electron chi connectivity index (χ2n) is 7.50. The van der Waals surface area contributed by atoms with Crippen LogP contribution in [0.4, 0.5) is 5.69 Å². The summed E-state index contributed by atoms with van der Waals surface area (Å²) < 4.78 is 7.28. The van der Waals surface area contributed by atoms with Gasteiger partial charge in [0.1, 0.15) is 0 Å². The fraction of sp³-hybridized carbons (Fsp3) is 0.0833. The summed E-state index contributed by atoms with van der Waals surface area (Å²) in [6.07, 6.45) is 4.81. The van der Waals surface area contributed by atoms with E-state index in [-0.39, 0.29) is 5.91 Å². The second-order valence-corrected chi connectivity index (χ2v) is 8.31. The number of fused-ring (bicyclic) bond motifs is 1. The van der Waals surface area contributed by atoms with Crippen LogP contribution in [-0.4, -0.2) is 32.6 Å². The summed E-state index contributed by atoms with van der Waals surface area (Å²) in [6, 6.07) is 15.0. The number of hydrogen-bond acceptors (Lipinski definition) is 5. The molecule has 33 heavy (non-hydrogen) atoms. The first-order chi connectivity index (χ1) is 15.9. The SMILES string of the molecule is Cc1cn(-c2noc(-c3ccccc3)n2)c2cc(C(=O)N(C)c3c(Cl)cncc3Cl)ccc12. The van der Waals surface area contributed by atoms with E-state index in [1.165, 1.54) is 17.3 Å². The fourth-order valence-corrected chi connectivity index (χ4v) is 4.35. The summed E-state index contributed by atoms with van der Waals surface area (Å²) in [5.41, 5.74) is 3.48. The Hall–Kier alpha value is -3.68. The second kappa shape index (κ2) is 8.35. The van der Waals surface area contributed by atoms with Gasteiger partial charge in [-0.2, -0.15) is 4.98 Å². The number of pyridine rings is 1. The van der Waals surface area contributed by atoms with Gasteiger partial charge in [-0.05, 0) is 41.9 Å². The molecule has 3 heterocycles. The van der Waals surface area contributed by atoms with E-state index in [2.05, 4.69) is 15.1 Å². The summed E-state index contributed by atoms with van der Waals surface area (Å²) in [6.45, 7) is 1.99. The molecule has 1 amide bonds. The highest BCUT2D eigenvalue weighted by Crippen LogP contribution is 2.33. The summed E-state index contributed by atoms with van der Waals surface area (Å²) in [7, 11) is 1.62.